The minimum Gasteiger partial charge on any atom is -0.390 e. The van der Waals surface area contributed by atoms with Gasteiger partial charge in [0.15, 0.2) is 0 Å². The second kappa shape index (κ2) is 10.3. The van der Waals surface area contributed by atoms with E-state index in [-0.39, 0.29) is 17.9 Å². The summed E-state index contributed by atoms with van der Waals surface area (Å²) < 4.78 is 13.9. The Hall–Kier alpha value is -2.76. The predicted molar refractivity (Wildman–Crippen MR) is 120 cm³/mol. The zero-order valence-corrected chi connectivity index (χ0v) is 18.0. The van der Waals surface area contributed by atoms with E-state index in [1.807, 2.05) is 37.4 Å². The number of rotatable bonds is 9. The molecule has 6 heteroatoms. The van der Waals surface area contributed by atoms with Crippen LogP contribution >= 0.6 is 11.6 Å². The summed E-state index contributed by atoms with van der Waals surface area (Å²) in [6, 6.07) is 15.2. The van der Waals surface area contributed by atoms with Crippen molar-refractivity contribution in [3.63, 3.8) is 0 Å². The second-order valence-corrected chi connectivity index (χ2v) is 7.60. The molecule has 2 unspecified atom stereocenters. The third-order valence-corrected chi connectivity index (χ3v) is 5.31. The molecule has 0 aliphatic carbocycles. The first-order valence-electron chi connectivity index (χ1n) is 9.88. The van der Waals surface area contributed by atoms with Crippen molar-refractivity contribution < 1.29 is 4.39 Å². The molecule has 2 aromatic carbocycles. The Morgan fingerprint density at radius 1 is 1.10 bits per heavy atom. The SMILES string of the molecule is C=C(NC)C(NC(CCc1cnc(Cl)cn1)c1ccc(F)c(C)c1)c1ccccc1. The molecule has 0 saturated heterocycles. The Labute approximate surface area is 182 Å². The number of aromatic nitrogens is 2. The van der Waals surface area contributed by atoms with Crippen molar-refractivity contribution in [3.8, 4) is 0 Å². The number of hydrogen-bond acceptors (Lipinski definition) is 4. The van der Waals surface area contributed by atoms with Crippen LogP contribution in [0.25, 0.3) is 0 Å². The van der Waals surface area contributed by atoms with Crippen LogP contribution in [0.5, 0.6) is 0 Å². The summed E-state index contributed by atoms with van der Waals surface area (Å²) in [6.45, 7) is 5.97. The van der Waals surface area contributed by atoms with Gasteiger partial charge < -0.3 is 5.32 Å². The van der Waals surface area contributed by atoms with Gasteiger partial charge in [-0.15, -0.1) is 0 Å². The van der Waals surface area contributed by atoms with Gasteiger partial charge in [-0.1, -0.05) is 60.6 Å². The van der Waals surface area contributed by atoms with Crippen LogP contribution in [0.2, 0.25) is 5.15 Å². The largest absolute Gasteiger partial charge is 0.390 e. The van der Waals surface area contributed by atoms with Crippen LogP contribution in [0.15, 0.2) is 73.2 Å². The van der Waals surface area contributed by atoms with Gasteiger partial charge >= 0.3 is 0 Å². The molecule has 2 N–H and O–H groups in total. The molecule has 156 valence electrons. The molecule has 0 radical (unpaired) electrons. The lowest BCUT2D eigenvalue weighted by Crippen LogP contribution is -2.31. The number of benzene rings is 2. The van der Waals surface area contributed by atoms with E-state index in [0.717, 1.165) is 28.9 Å². The van der Waals surface area contributed by atoms with Gasteiger partial charge in [0.2, 0.25) is 0 Å². The normalized spacial score (nSPS) is 12.9. The average Bonchev–Trinajstić information content (AvgIpc) is 2.77. The molecule has 1 heterocycles. The molecule has 0 aliphatic rings. The minimum absolute atomic E-state index is 0.0444. The number of halogens is 2. The monoisotopic (exact) mass is 424 g/mol. The van der Waals surface area contributed by atoms with Crippen molar-refractivity contribution in [1.82, 2.24) is 20.6 Å². The highest BCUT2D eigenvalue weighted by Gasteiger charge is 2.21. The Balaban J connectivity index is 1.89. The first-order chi connectivity index (χ1) is 14.5. The maximum absolute atomic E-state index is 13.9. The van der Waals surface area contributed by atoms with Crippen molar-refractivity contribution in [2.24, 2.45) is 0 Å². The summed E-state index contributed by atoms with van der Waals surface area (Å²) in [5.74, 6) is -0.208. The van der Waals surface area contributed by atoms with Gasteiger partial charge in [-0.05, 0) is 42.5 Å². The molecule has 1 aromatic heterocycles. The molecular formula is C24H26ClFN4. The number of aryl methyl sites for hydroxylation is 2. The van der Waals surface area contributed by atoms with Crippen LogP contribution in [-0.4, -0.2) is 17.0 Å². The van der Waals surface area contributed by atoms with E-state index in [9.17, 15) is 4.39 Å². The van der Waals surface area contributed by atoms with E-state index in [1.165, 1.54) is 6.07 Å². The van der Waals surface area contributed by atoms with Gasteiger partial charge in [0.1, 0.15) is 11.0 Å². The molecule has 0 spiro atoms. The number of likely N-dealkylation sites (N-methyl/N-ethyl adjacent to an activating group) is 1. The van der Waals surface area contributed by atoms with E-state index < -0.39 is 0 Å². The van der Waals surface area contributed by atoms with Gasteiger partial charge in [0.05, 0.1) is 24.1 Å². The summed E-state index contributed by atoms with van der Waals surface area (Å²) in [5.41, 5.74) is 4.45. The number of nitrogens with one attached hydrogen (secondary N) is 2. The third-order valence-electron chi connectivity index (χ3n) is 5.12. The predicted octanol–water partition coefficient (Wildman–Crippen LogP) is 5.32. The smallest absolute Gasteiger partial charge is 0.147 e. The van der Waals surface area contributed by atoms with Crippen molar-refractivity contribution >= 4 is 11.6 Å². The summed E-state index contributed by atoms with van der Waals surface area (Å²) >= 11 is 5.85. The minimum atomic E-state index is -0.208. The van der Waals surface area contributed by atoms with Gasteiger partial charge in [0.25, 0.3) is 0 Å². The highest BCUT2D eigenvalue weighted by atomic mass is 35.5. The number of hydrogen-bond donors (Lipinski definition) is 2. The van der Waals surface area contributed by atoms with Crippen LogP contribution in [-0.2, 0) is 6.42 Å². The Kier molecular flexibility index (Phi) is 7.55. The van der Waals surface area contributed by atoms with E-state index in [0.29, 0.717) is 17.1 Å². The quantitative estimate of drug-likeness (QED) is 0.488. The zero-order valence-electron chi connectivity index (χ0n) is 17.2. The molecule has 0 amide bonds. The lowest BCUT2D eigenvalue weighted by atomic mass is 9.96. The van der Waals surface area contributed by atoms with Gasteiger partial charge in [-0.3, -0.25) is 10.3 Å². The summed E-state index contributed by atoms with van der Waals surface area (Å²) in [4.78, 5) is 8.47. The molecule has 3 rings (SSSR count). The lowest BCUT2D eigenvalue weighted by molar-refractivity contribution is 0.443. The maximum Gasteiger partial charge on any atom is 0.147 e. The summed E-state index contributed by atoms with van der Waals surface area (Å²) in [7, 11) is 1.86. The van der Waals surface area contributed by atoms with Crippen LogP contribution in [0, 0.1) is 12.7 Å². The first-order valence-corrected chi connectivity index (χ1v) is 10.3. The van der Waals surface area contributed by atoms with E-state index >= 15 is 0 Å². The molecule has 0 aliphatic heterocycles. The Morgan fingerprint density at radius 2 is 1.87 bits per heavy atom. The Morgan fingerprint density at radius 3 is 2.50 bits per heavy atom. The van der Waals surface area contributed by atoms with Crippen molar-refractivity contribution in [1.29, 1.82) is 0 Å². The van der Waals surface area contributed by atoms with Crippen molar-refractivity contribution in [2.75, 3.05) is 7.05 Å². The topological polar surface area (TPSA) is 49.8 Å². The highest BCUT2D eigenvalue weighted by Crippen LogP contribution is 2.28. The fourth-order valence-electron chi connectivity index (χ4n) is 3.38. The van der Waals surface area contributed by atoms with Crippen molar-refractivity contribution in [2.45, 2.75) is 31.8 Å². The molecule has 0 fully saturated rings. The maximum atomic E-state index is 13.9. The van der Waals surface area contributed by atoms with Crippen molar-refractivity contribution in [3.05, 3.63) is 107 Å². The standard InChI is InChI=1S/C24H26ClFN4/c1-16-13-19(9-11-21(16)26)22(12-10-20-14-29-23(25)15-28-20)30-24(17(2)27-3)18-7-5-4-6-8-18/h4-9,11,13-15,22,24,27,30H,2,10,12H2,1,3H3. The molecule has 0 bridgehead atoms. The van der Waals surface area contributed by atoms with Gasteiger partial charge in [0, 0.05) is 18.8 Å². The molecular weight excluding hydrogens is 399 g/mol. The second-order valence-electron chi connectivity index (χ2n) is 7.22. The van der Waals surface area contributed by atoms with E-state index in [2.05, 4.69) is 39.3 Å². The molecule has 0 saturated carbocycles. The van der Waals surface area contributed by atoms with Crippen LogP contribution in [0.4, 0.5) is 4.39 Å². The van der Waals surface area contributed by atoms with E-state index in [1.54, 1.807) is 19.3 Å². The fourth-order valence-corrected chi connectivity index (χ4v) is 3.48. The summed E-state index contributed by atoms with van der Waals surface area (Å²) in [5, 5.41) is 7.25. The summed E-state index contributed by atoms with van der Waals surface area (Å²) in [6.07, 6.45) is 4.70. The first kappa shape index (κ1) is 21.9. The fraction of sp³-hybridized carbons (Fsp3) is 0.250. The Bertz CT molecular complexity index is 976. The highest BCUT2D eigenvalue weighted by molar-refractivity contribution is 6.29. The average molecular weight is 425 g/mol. The van der Waals surface area contributed by atoms with Gasteiger partial charge in [-0.25, -0.2) is 9.37 Å². The van der Waals surface area contributed by atoms with E-state index in [4.69, 9.17) is 11.6 Å². The molecule has 4 nitrogen and oxygen atoms in total. The number of nitrogens with zero attached hydrogens (tertiary/aromatic N) is 2. The van der Waals surface area contributed by atoms with Crippen LogP contribution < -0.4 is 10.6 Å². The van der Waals surface area contributed by atoms with Crippen LogP contribution in [0.3, 0.4) is 0 Å². The van der Waals surface area contributed by atoms with Gasteiger partial charge in [-0.2, -0.15) is 0 Å². The third kappa shape index (κ3) is 5.65. The lowest BCUT2D eigenvalue weighted by Gasteiger charge is -2.28. The van der Waals surface area contributed by atoms with Crippen LogP contribution in [0.1, 0.15) is 40.9 Å². The molecule has 3 aromatic rings. The molecule has 30 heavy (non-hydrogen) atoms. The molecule has 2 atom stereocenters. The zero-order chi connectivity index (χ0) is 21.5.